The van der Waals surface area contributed by atoms with Crippen LogP contribution in [-0.4, -0.2) is 17.6 Å². The van der Waals surface area contributed by atoms with Gasteiger partial charge in [0, 0.05) is 9.52 Å². The molecule has 0 heterocycles. The van der Waals surface area contributed by atoms with Crippen LogP contribution in [-0.2, 0) is 20.8 Å². The van der Waals surface area contributed by atoms with E-state index in [-0.39, 0.29) is 0 Å². The molecule has 6 aromatic rings. The first-order valence-corrected chi connectivity index (χ1v) is 28.8. The number of hydrogen-bond donors (Lipinski definition) is 0. The summed E-state index contributed by atoms with van der Waals surface area (Å²) in [6.07, 6.45) is 1.19. The Morgan fingerprint density at radius 3 is 1.62 bits per heavy atom. The molecule has 6 rings (SSSR count). The second kappa shape index (κ2) is 19.4. The standard InChI is InChI=1S/C22H25.C19H21Si.C2H6Si.2ClH.Zr/c1-5-16(4)20-13-19-7-6-8-21(22(19)14-20)18-11-9-17(10-12-18)15(2)3;1-14-12-16-6-5-7-18(19(16)13-14)15-8-10-17(11-9-15)20(2,3)4;1-3-2;;;/h6-16H,5H2,1-4H3;5-13H,1-4H3;1-2H3;2*1H;/q2*-1;;;;+4/p-2. The topological polar surface area (TPSA) is 0 Å². The quantitative estimate of drug-likeness (QED) is 0.117. The summed E-state index contributed by atoms with van der Waals surface area (Å²) in [7, 11) is 9.74. The Balaban J connectivity index is 0.000000225. The van der Waals surface area contributed by atoms with Crippen LogP contribution in [0.3, 0.4) is 0 Å². The van der Waals surface area contributed by atoms with E-state index in [0.717, 1.165) is 9.52 Å². The van der Waals surface area contributed by atoms with Crippen LogP contribution in [0.1, 0.15) is 62.6 Å². The third-order valence-electron chi connectivity index (χ3n) is 8.80. The van der Waals surface area contributed by atoms with Gasteiger partial charge < -0.3 is 0 Å². The molecule has 48 heavy (non-hydrogen) atoms. The predicted molar refractivity (Wildman–Crippen MR) is 220 cm³/mol. The zero-order chi connectivity index (χ0) is 35.4. The van der Waals surface area contributed by atoms with Crippen molar-refractivity contribution >= 4 is 61.4 Å². The molecule has 250 valence electrons. The molecule has 6 aromatic carbocycles. The van der Waals surface area contributed by atoms with Crippen LogP contribution in [0, 0.1) is 6.92 Å². The number of rotatable bonds is 6. The number of benzene rings is 4. The molecule has 0 bridgehead atoms. The molecular weight excluding hydrogens is 735 g/mol. The number of fused-ring (bicyclic) bond motifs is 2. The Labute approximate surface area is 313 Å². The van der Waals surface area contributed by atoms with Crippen molar-refractivity contribution in [2.75, 3.05) is 0 Å². The van der Waals surface area contributed by atoms with E-state index >= 15 is 0 Å². The summed E-state index contributed by atoms with van der Waals surface area (Å²) >= 11 is -0.826. The van der Waals surface area contributed by atoms with E-state index in [1.165, 1.54) is 72.1 Å². The van der Waals surface area contributed by atoms with Crippen LogP contribution in [0.2, 0.25) is 32.7 Å². The fourth-order valence-corrected chi connectivity index (χ4v) is 7.03. The van der Waals surface area contributed by atoms with Crippen LogP contribution in [0.4, 0.5) is 0 Å². The van der Waals surface area contributed by atoms with Gasteiger partial charge in [-0.3, -0.25) is 0 Å². The first kappa shape index (κ1) is 40.4. The normalized spacial score (nSPS) is 11.5. The average Bonchev–Trinajstić information content (AvgIpc) is 3.68. The fourth-order valence-electron chi connectivity index (χ4n) is 5.86. The van der Waals surface area contributed by atoms with Crippen molar-refractivity contribution in [3.05, 3.63) is 126 Å². The zero-order valence-electron chi connectivity index (χ0n) is 30.5. The van der Waals surface area contributed by atoms with Gasteiger partial charge in [0.1, 0.15) is 0 Å². The second-order valence-electron chi connectivity index (χ2n) is 13.9. The molecular formula is C43H52Cl2Si2Zr. The van der Waals surface area contributed by atoms with Gasteiger partial charge in [-0.25, -0.2) is 0 Å². The van der Waals surface area contributed by atoms with Gasteiger partial charge in [-0.15, -0.1) is 69.1 Å². The van der Waals surface area contributed by atoms with E-state index < -0.39 is 28.9 Å². The fraction of sp³-hybridized carbons (Fsp3) is 0.302. The van der Waals surface area contributed by atoms with Gasteiger partial charge in [0.2, 0.25) is 0 Å². The first-order chi connectivity index (χ1) is 22.9. The minimum atomic E-state index is -1.21. The van der Waals surface area contributed by atoms with Gasteiger partial charge in [0.05, 0.1) is 8.07 Å². The van der Waals surface area contributed by atoms with Crippen molar-refractivity contribution in [2.24, 2.45) is 0 Å². The van der Waals surface area contributed by atoms with Gasteiger partial charge in [0.25, 0.3) is 0 Å². The van der Waals surface area contributed by atoms with Crippen LogP contribution < -0.4 is 5.19 Å². The van der Waals surface area contributed by atoms with Gasteiger partial charge in [-0.1, -0.05) is 151 Å². The third-order valence-corrected chi connectivity index (χ3v) is 10.9. The summed E-state index contributed by atoms with van der Waals surface area (Å²) in [6, 6.07) is 40.8. The molecule has 0 aromatic heterocycles. The zero-order valence-corrected chi connectivity index (χ0v) is 36.5. The third kappa shape index (κ3) is 11.0. The Bertz CT molecular complexity index is 1820. The molecule has 0 saturated carbocycles. The van der Waals surface area contributed by atoms with E-state index in [4.69, 9.17) is 17.0 Å². The van der Waals surface area contributed by atoms with Gasteiger partial charge in [-0.05, 0) is 28.5 Å². The summed E-state index contributed by atoms with van der Waals surface area (Å²) in [6.45, 7) is 22.7. The minimum absolute atomic E-state index is 0.584. The van der Waals surface area contributed by atoms with Crippen molar-refractivity contribution in [1.82, 2.24) is 0 Å². The second-order valence-corrected chi connectivity index (χ2v) is 23.7. The molecule has 0 spiro atoms. The van der Waals surface area contributed by atoms with Gasteiger partial charge in [0.15, 0.2) is 0 Å². The molecule has 0 saturated heterocycles. The molecule has 0 nitrogen and oxygen atoms in total. The monoisotopic (exact) mass is 784 g/mol. The Hall–Kier alpha value is -2.00. The van der Waals surface area contributed by atoms with Crippen LogP contribution in [0.15, 0.2) is 109 Å². The molecule has 1 atom stereocenters. The van der Waals surface area contributed by atoms with Crippen LogP contribution >= 0.6 is 17.0 Å². The maximum absolute atomic E-state index is 4.93. The summed E-state index contributed by atoms with van der Waals surface area (Å²) in [5.41, 5.74) is 9.54. The van der Waals surface area contributed by atoms with Crippen molar-refractivity contribution < 1.29 is 20.8 Å². The molecule has 0 aliphatic rings. The van der Waals surface area contributed by atoms with E-state index in [9.17, 15) is 0 Å². The Kier molecular flexibility index (Phi) is 16.3. The number of halogens is 2. The summed E-state index contributed by atoms with van der Waals surface area (Å²) in [5, 5.41) is 6.97. The molecule has 0 aliphatic heterocycles. The van der Waals surface area contributed by atoms with Crippen LogP contribution in [0.25, 0.3) is 43.8 Å². The first-order valence-electron chi connectivity index (χ1n) is 17.0. The van der Waals surface area contributed by atoms with E-state index in [1.54, 1.807) is 0 Å². The van der Waals surface area contributed by atoms with E-state index in [2.05, 4.69) is 177 Å². The van der Waals surface area contributed by atoms with Crippen molar-refractivity contribution in [2.45, 2.75) is 85.6 Å². The Morgan fingerprint density at radius 2 is 1.17 bits per heavy atom. The molecule has 0 N–H and O–H groups in total. The predicted octanol–water partition coefficient (Wildman–Crippen LogP) is 14.1. The molecule has 5 heteroatoms. The Morgan fingerprint density at radius 1 is 0.708 bits per heavy atom. The summed E-state index contributed by atoms with van der Waals surface area (Å²) < 4.78 is 0. The molecule has 0 fully saturated rings. The molecule has 1 unspecified atom stereocenters. The number of aryl methyl sites for hydroxylation is 1. The van der Waals surface area contributed by atoms with Gasteiger partial charge in [-0.2, -0.15) is 12.1 Å². The average molecular weight is 787 g/mol. The van der Waals surface area contributed by atoms with Crippen molar-refractivity contribution in [3.63, 3.8) is 0 Å². The van der Waals surface area contributed by atoms with Crippen LogP contribution in [0.5, 0.6) is 0 Å². The van der Waals surface area contributed by atoms with Crippen molar-refractivity contribution in [1.29, 1.82) is 0 Å². The van der Waals surface area contributed by atoms with E-state index in [1.807, 2.05) is 0 Å². The van der Waals surface area contributed by atoms with Crippen molar-refractivity contribution in [3.8, 4) is 22.3 Å². The van der Waals surface area contributed by atoms with Gasteiger partial charge >= 0.3 is 37.9 Å². The SMILES string of the molecule is CCC(C)c1cc2c(-c3ccc(C(C)C)cc3)cccc2[cH-]1.C[Si]C.Cc1cc2c(-c3ccc([Si](C)(C)C)cc3)cccc2[cH-]1.[Cl][Zr+2][Cl]. The molecule has 0 aliphatic carbocycles. The molecule has 0 amide bonds. The maximum atomic E-state index is 4.93. The summed E-state index contributed by atoms with van der Waals surface area (Å²) in [4.78, 5) is 0. The summed E-state index contributed by atoms with van der Waals surface area (Å²) in [5.74, 6) is 1.21. The van der Waals surface area contributed by atoms with E-state index in [0.29, 0.717) is 11.8 Å². The molecule has 2 radical (unpaired) electrons. The number of hydrogen-bond acceptors (Lipinski definition) is 0.